The summed E-state index contributed by atoms with van der Waals surface area (Å²) in [6.45, 7) is 0.423. The van der Waals surface area contributed by atoms with E-state index in [1.165, 1.54) is 0 Å². The fourth-order valence-electron chi connectivity index (χ4n) is 2.67. The number of nitrogens with one attached hydrogen (secondary N) is 2. The van der Waals surface area contributed by atoms with Crippen LogP contribution < -0.4 is 15.4 Å². The van der Waals surface area contributed by atoms with Crippen LogP contribution in [0, 0.1) is 0 Å². The summed E-state index contributed by atoms with van der Waals surface area (Å²) in [4.78, 5) is 12.2. The molecule has 1 aliphatic carbocycles. The number of amides is 2. The van der Waals surface area contributed by atoms with E-state index in [9.17, 15) is 4.79 Å². The van der Waals surface area contributed by atoms with Gasteiger partial charge in [-0.25, -0.2) is 4.79 Å². The van der Waals surface area contributed by atoms with E-state index in [0.717, 1.165) is 29.7 Å². The van der Waals surface area contributed by atoms with Crippen molar-refractivity contribution >= 4 is 17.6 Å². The Balaban J connectivity index is 1.60. The summed E-state index contributed by atoms with van der Waals surface area (Å²) in [5.41, 5.74) is 1.78. The molecule has 23 heavy (non-hydrogen) atoms. The van der Waals surface area contributed by atoms with Gasteiger partial charge in [0.15, 0.2) is 0 Å². The summed E-state index contributed by atoms with van der Waals surface area (Å²) in [6, 6.07) is 15.1. The molecule has 0 aliphatic heterocycles. The lowest BCUT2D eigenvalue weighted by Gasteiger charge is -2.19. The fraction of sp³-hybridized carbons (Fsp3) is 0.278. The minimum Gasteiger partial charge on any atom is -0.496 e. The lowest BCUT2D eigenvalue weighted by molar-refractivity contribution is 0.235. The highest BCUT2D eigenvalue weighted by Gasteiger charge is 2.45. The highest BCUT2D eigenvalue weighted by atomic mass is 35.5. The van der Waals surface area contributed by atoms with Crippen LogP contribution in [0.5, 0.6) is 5.75 Å². The third-order valence-electron chi connectivity index (χ3n) is 4.13. The Kier molecular flexibility index (Phi) is 4.44. The third-order valence-corrected chi connectivity index (χ3v) is 4.38. The zero-order valence-corrected chi connectivity index (χ0v) is 13.7. The lowest BCUT2D eigenvalue weighted by atomic mass is 10.1. The van der Waals surface area contributed by atoms with Gasteiger partial charge in [0.25, 0.3) is 0 Å². The molecule has 1 fully saturated rings. The van der Waals surface area contributed by atoms with Gasteiger partial charge in [-0.2, -0.15) is 0 Å². The van der Waals surface area contributed by atoms with Crippen LogP contribution in [-0.4, -0.2) is 13.1 Å². The van der Waals surface area contributed by atoms with E-state index in [1.54, 1.807) is 7.11 Å². The summed E-state index contributed by atoms with van der Waals surface area (Å²) in [7, 11) is 1.62. The Morgan fingerprint density at radius 1 is 1.17 bits per heavy atom. The second kappa shape index (κ2) is 6.50. The van der Waals surface area contributed by atoms with Gasteiger partial charge >= 0.3 is 6.03 Å². The van der Waals surface area contributed by atoms with Crippen LogP contribution >= 0.6 is 11.6 Å². The number of methoxy groups -OCH3 is 1. The van der Waals surface area contributed by atoms with Crippen molar-refractivity contribution < 1.29 is 9.53 Å². The second-order valence-corrected chi connectivity index (χ2v) is 6.14. The van der Waals surface area contributed by atoms with E-state index >= 15 is 0 Å². The molecule has 1 saturated carbocycles. The molecule has 0 spiro atoms. The van der Waals surface area contributed by atoms with Gasteiger partial charge in [0.05, 0.1) is 12.6 Å². The van der Waals surface area contributed by atoms with Gasteiger partial charge in [0, 0.05) is 17.1 Å². The third kappa shape index (κ3) is 3.59. The van der Waals surface area contributed by atoms with E-state index in [4.69, 9.17) is 16.3 Å². The van der Waals surface area contributed by atoms with Crippen molar-refractivity contribution in [2.45, 2.75) is 24.9 Å². The average molecular weight is 331 g/mol. The van der Waals surface area contributed by atoms with Crippen molar-refractivity contribution in [1.82, 2.24) is 10.6 Å². The van der Waals surface area contributed by atoms with Crippen molar-refractivity contribution in [3.8, 4) is 5.75 Å². The first-order valence-corrected chi connectivity index (χ1v) is 7.95. The Morgan fingerprint density at radius 2 is 1.87 bits per heavy atom. The summed E-state index contributed by atoms with van der Waals surface area (Å²) < 4.78 is 5.29. The first-order valence-electron chi connectivity index (χ1n) is 7.57. The molecular formula is C18H19ClN2O2. The Hall–Kier alpha value is -2.20. The summed E-state index contributed by atoms with van der Waals surface area (Å²) in [5.74, 6) is 0.770. The van der Waals surface area contributed by atoms with Gasteiger partial charge in [-0.05, 0) is 36.6 Å². The molecule has 0 heterocycles. The number of hydrogen-bond donors (Lipinski definition) is 2. The molecule has 5 heteroatoms. The van der Waals surface area contributed by atoms with Gasteiger partial charge in [0.2, 0.25) is 0 Å². The number of hydrogen-bond acceptors (Lipinski definition) is 2. The van der Waals surface area contributed by atoms with Crippen molar-refractivity contribution in [2.24, 2.45) is 0 Å². The molecule has 4 nitrogen and oxygen atoms in total. The van der Waals surface area contributed by atoms with Gasteiger partial charge in [-0.15, -0.1) is 0 Å². The molecular weight excluding hydrogens is 312 g/mol. The quantitative estimate of drug-likeness (QED) is 0.875. The minimum atomic E-state index is -0.255. The molecule has 2 amide bonds. The number of para-hydroxylation sites is 1. The molecule has 120 valence electrons. The standard InChI is InChI=1S/C18H19ClN2O2/c1-23-16-5-3-2-4-13(16)12-20-17(22)21-18(10-11-18)14-6-8-15(19)9-7-14/h2-9H,10-12H2,1H3,(H2,20,21,22). The number of carbonyl (C=O) groups is 1. The number of halogens is 1. The van der Waals surface area contributed by atoms with Crippen LogP contribution in [-0.2, 0) is 12.1 Å². The largest absolute Gasteiger partial charge is 0.496 e. The lowest BCUT2D eigenvalue weighted by Crippen LogP contribution is -2.41. The van der Waals surface area contributed by atoms with Crippen molar-refractivity contribution in [1.29, 1.82) is 0 Å². The summed E-state index contributed by atoms with van der Waals surface area (Å²) in [6.07, 6.45) is 1.88. The SMILES string of the molecule is COc1ccccc1CNC(=O)NC1(c2ccc(Cl)cc2)CC1. The van der Waals surface area contributed by atoms with E-state index in [1.807, 2.05) is 48.5 Å². The fourth-order valence-corrected chi connectivity index (χ4v) is 2.79. The molecule has 0 unspecified atom stereocenters. The average Bonchev–Trinajstić information content (AvgIpc) is 3.34. The van der Waals surface area contributed by atoms with E-state index in [2.05, 4.69) is 10.6 Å². The van der Waals surface area contributed by atoms with Crippen LogP contribution in [0.1, 0.15) is 24.0 Å². The maximum Gasteiger partial charge on any atom is 0.315 e. The number of carbonyl (C=O) groups excluding carboxylic acids is 1. The molecule has 0 saturated heterocycles. The van der Waals surface area contributed by atoms with E-state index < -0.39 is 0 Å². The van der Waals surface area contributed by atoms with Gasteiger partial charge in [-0.3, -0.25) is 0 Å². The Labute approximate surface area is 140 Å². The molecule has 2 aromatic carbocycles. The summed E-state index contributed by atoms with van der Waals surface area (Å²) in [5, 5.41) is 6.67. The minimum absolute atomic E-state index is 0.177. The molecule has 2 N–H and O–H groups in total. The number of benzene rings is 2. The first kappa shape index (κ1) is 15.7. The van der Waals surface area contributed by atoms with Gasteiger partial charge in [-0.1, -0.05) is 41.9 Å². The Bertz CT molecular complexity index is 696. The summed E-state index contributed by atoms with van der Waals surface area (Å²) >= 11 is 5.92. The molecule has 0 atom stereocenters. The number of ether oxygens (including phenoxy) is 1. The number of urea groups is 1. The zero-order valence-electron chi connectivity index (χ0n) is 12.9. The van der Waals surface area contributed by atoms with Crippen LogP contribution in [0.25, 0.3) is 0 Å². The predicted molar refractivity (Wildman–Crippen MR) is 90.7 cm³/mol. The molecule has 2 aromatic rings. The van der Waals surface area contributed by atoms with Crippen molar-refractivity contribution in [3.63, 3.8) is 0 Å². The zero-order chi connectivity index (χ0) is 16.3. The highest BCUT2D eigenvalue weighted by molar-refractivity contribution is 6.30. The first-order chi connectivity index (χ1) is 11.1. The molecule has 1 aliphatic rings. The Morgan fingerprint density at radius 3 is 2.52 bits per heavy atom. The van der Waals surface area contributed by atoms with E-state index in [-0.39, 0.29) is 11.6 Å². The van der Waals surface area contributed by atoms with Crippen molar-refractivity contribution in [2.75, 3.05) is 7.11 Å². The normalized spacial score (nSPS) is 14.9. The maximum absolute atomic E-state index is 12.2. The second-order valence-electron chi connectivity index (χ2n) is 5.71. The molecule has 3 rings (SSSR count). The smallest absolute Gasteiger partial charge is 0.315 e. The molecule has 0 bridgehead atoms. The van der Waals surface area contributed by atoms with Crippen LogP contribution in [0.3, 0.4) is 0 Å². The van der Waals surface area contributed by atoms with Crippen molar-refractivity contribution in [3.05, 3.63) is 64.7 Å². The topological polar surface area (TPSA) is 50.4 Å². The monoisotopic (exact) mass is 330 g/mol. The number of rotatable bonds is 5. The van der Waals surface area contributed by atoms with Gasteiger partial charge < -0.3 is 15.4 Å². The predicted octanol–water partition coefficient (Wildman–Crippen LogP) is 3.84. The highest BCUT2D eigenvalue weighted by Crippen LogP contribution is 2.45. The van der Waals surface area contributed by atoms with Gasteiger partial charge in [0.1, 0.15) is 5.75 Å². The van der Waals surface area contributed by atoms with E-state index in [0.29, 0.717) is 11.6 Å². The molecule has 0 radical (unpaired) electrons. The van der Waals surface area contributed by atoms with Crippen LogP contribution in [0.15, 0.2) is 48.5 Å². The maximum atomic E-state index is 12.2. The van der Waals surface area contributed by atoms with Crippen LogP contribution in [0.2, 0.25) is 5.02 Å². The molecule has 0 aromatic heterocycles. The van der Waals surface area contributed by atoms with Crippen LogP contribution in [0.4, 0.5) is 4.79 Å².